The van der Waals surface area contributed by atoms with E-state index in [2.05, 4.69) is 0 Å². The zero-order valence-corrected chi connectivity index (χ0v) is 10.2. The van der Waals surface area contributed by atoms with Crippen LogP contribution in [-0.2, 0) is 11.8 Å². The summed E-state index contributed by atoms with van der Waals surface area (Å²) < 4.78 is 7.11. The Kier molecular flexibility index (Phi) is 2.79. The number of nitrogen functional groups attached to an aromatic ring is 1. The highest BCUT2D eigenvalue weighted by molar-refractivity contribution is 6.05. The minimum Gasteiger partial charge on any atom is -0.459 e. The Morgan fingerprint density at radius 3 is 2.71 bits per heavy atom. The number of fused-ring (bicyclic) bond motifs is 1. The van der Waals surface area contributed by atoms with Crippen LogP contribution in [-0.4, -0.2) is 16.6 Å². The maximum atomic E-state index is 11.8. The van der Waals surface area contributed by atoms with Gasteiger partial charge in [-0.3, -0.25) is 0 Å². The Bertz CT molecular complexity index is 570. The Labute approximate surface area is 100.0 Å². The van der Waals surface area contributed by atoms with E-state index in [1.54, 1.807) is 6.07 Å². The van der Waals surface area contributed by atoms with Crippen LogP contribution in [0, 0.1) is 0 Å². The van der Waals surface area contributed by atoms with E-state index in [0.29, 0.717) is 11.3 Å². The number of hydrogen-bond donors (Lipinski definition) is 1. The Morgan fingerprint density at radius 1 is 1.35 bits per heavy atom. The van der Waals surface area contributed by atoms with Crippen LogP contribution in [0.15, 0.2) is 24.4 Å². The minimum absolute atomic E-state index is 0.145. The van der Waals surface area contributed by atoms with Crippen LogP contribution in [0.2, 0.25) is 0 Å². The van der Waals surface area contributed by atoms with Crippen LogP contribution in [0.5, 0.6) is 0 Å². The summed E-state index contributed by atoms with van der Waals surface area (Å²) in [6.45, 7) is 3.63. The minimum atomic E-state index is -0.372. The Balaban J connectivity index is 2.49. The molecule has 0 amide bonds. The predicted octanol–water partition coefficient (Wildman–Crippen LogP) is 2.33. The second kappa shape index (κ2) is 4.13. The lowest BCUT2D eigenvalue weighted by Crippen LogP contribution is -2.13. The van der Waals surface area contributed by atoms with Crippen molar-refractivity contribution in [2.24, 2.45) is 7.05 Å². The van der Waals surface area contributed by atoms with Crippen LogP contribution >= 0.6 is 0 Å². The number of esters is 1. The highest BCUT2D eigenvalue weighted by Crippen LogP contribution is 2.26. The number of rotatable bonds is 2. The number of aryl methyl sites for hydroxylation is 1. The summed E-state index contributed by atoms with van der Waals surface area (Å²) in [4.78, 5) is 11.8. The van der Waals surface area contributed by atoms with Crippen molar-refractivity contribution in [2.75, 3.05) is 5.73 Å². The maximum absolute atomic E-state index is 11.8. The molecule has 0 aliphatic rings. The first-order valence-corrected chi connectivity index (χ1v) is 5.55. The topological polar surface area (TPSA) is 57.2 Å². The first-order valence-electron chi connectivity index (χ1n) is 5.55. The van der Waals surface area contributed by atoms with E-state index in [4.69, 9.17) is 10.5 Å². The maximum Gasteiger partial charge on any atom is 0.340 e. The van der Waals surface area contributed by atoms with Gasteiger partial charge in [-0.1, -0.05) is 0 Å². The van der Waals surface area contributed by atoms with Gasteiger partial charge in [0, 0.05) is 24.1 Å². The second-order valence-electron chi connectivity index (χ2n) is 4.34. The van der Waals surface area contributed by atoms with Crippen molar-refractivity contribution in [2.45, 2.75) is 20.0 Å². The molecule has 0 saturated heterocycles. The van der Waals surface area contributed by atoms with E-state index < -0.39 is 0 Å². The van der Waals surface area contributed by atoms with Gasteiger partial charge < -0.3 is 15.0 Å². The SMILES string of the molecule is CC(C)OC(=O)c1ccc2c(ccn2C)c1N. The summed E-state index contributed by atoms with van der Waals surface area (Å²) in [5.74, 6) is -0.372. The van der Waals surface area contributed by atoms with Crippen molar-refractivity contribution >= 4 is 22.6 Å². The van der Waals surface area contributed by atoms with Crippen LogP contribution in [0.1, 0.15) is 24.2 Å². The van der Waals surface area contributed by atoms with Gasteiger partial charge in [0.2, 0.25) is 0 Å². The van der Waals surface area contributed by atoms with E-state index in [-0.39, 0.29) is 12.1 Å². The van der Waals surface area contributed by atoms with E-state index >= 15 is 0 Å². The van der Waals surface area contributed by atoms with Crippen molar-refractivity contribution in [3.63, 3.8) is 0 Å². The molecule has 0 radical (unpaired) electrons. The highest BCUT2D eigenvalue weighted by atomic mass is 16.5. The third-order valence-electron chi connectivity index (χ3n) is 2.67. The van der Waals surface area contributed by atoms with E-state index in [1.807, 2.05) is 43.8 Å². The van der Waals surface area contributed by atoms with Gasteiger partial charge in [-0.25, -0.2) is 4.79 Å². The van der Waals surface area contributed by atoms with Gasteiger partial charge in [0.15, 0.2) is 0 Å². The molecule has 4 nitrogen and oxygen atoms in total. The third kappa shape index (κ3) is 1.98. The van der Waals surface area contributed by atoms with E-state index in [1.165, 1.54) is 0 Å². The summed E-state index contributed by atoms with van der Waals surface area (Å²) in [5, 5.41) is 0.880. The number of carbonyl (C=O) groups is 1. The predicted molar refractivity (Wildman–Crippen MR) is 67.9 cm³/mol. The Morgan fingerprint density at radius 2 is 2.06 bits per heavy atom. The van der Waals surface area contributed by atoms with Gasteiger partial charge in [0.05, 0.1) is 17.4 Å². The summed E-state index contributed by atoms with van der Waals surface area (Å²) in [6.07, 6.45) is 1.77. The molecule has 1 aromatic carbocycles. The molecule has 0 aliphatic heterocycles. The molecule has 0 unspecified atom stereocenters. The van der Waals surface area contributed by atoms with Crippen LogP contribution < -0.4 is 5.73 Å². The van der Waals surface area contributed by atoms with Crippen molar-refractivity contribution in [3.8, 4) is 0 Å². The van der Waals surface area contributed by atoms with Crippen molar-refractivity contribution in [3.05, 3.63) is 30.0 Å². The molecule has 0 fully saturated rings. The third-order valence-corrected chi connectivity index (χ3v) is 2.67. The monoisotopic (exact) mass is 232 g/mol. The van der Waals surface area contributed by atoms with Gasteiger partial charge in [-0.05, 0) is 32.0 Å². The fourth-order valence-corrected chi connectivity index (χ4v) is 1.83. The second-order valence-corrected chi connectivity index (χ2v) is 4.34. The lowest BCUT2D eigenvalue weighted by atomic mass is 10.1. The molecule has 90 valence electrons. The molecule has 17 heavy (non-hydrogen) atoms. The summed E-state index contributed by atoms with van der Waals surface area (Å²) >= 11 is 0. The summed E-state index contributed by atoms with van der Waals surface area (Å²) in [5.41, 5.74) is 7.91. The molecule has 4 heteroatoms. The number of anilines is 1. The van der Waals surface area contributed by atoms with Crippen molar-refractivity contribution < 1.29 is 9.53 Å². The fraction of sp³-hybridized carbons (Fsp3) is 0.308. The number of benzene rings is 1. The molecule has 0 atom stereocenters. The van der Waals surface area contributed by atoms with Crippen molar-refractivity contribution in [1.82, 2.24) is 4.57 Å². The lowest BCUT2D eigenvalue weighted by Gasteiger charge is -2.10. The molecule has 2 rings (SSSR count). The van der Waals surface area contributed by atoms with Gasteiger partial charge >= 0.3 is 5.97 Å². The standard InChI is InChI=1S/C13H16N2O2/c1-8(2)17-13(16)10-4-5-11-9(12(10)14)6-7-15(11)3/h4-8H,14H2,1-3H3. The first-order chi connectivity index (χ1) is 8.00. The van der Waals surface area contributed by atoms with Crippen LogP contribution in [0.4, 0.5) is 5.69 Å². The van der Waals surface area contributed by atoms with E-state index in [0.717, 1.165) is 10.9 Å². The molecule has 0 saturated carbocycles. The number of aromatic nitrogens is 1. The molecular formula is C13H16N2O2. The first kappa shape index (κ1) is 11.5. The summed E-state index contributed by atoms with van der Waals surface area (Å²) in [6, 6.07) is 5.49. The van der Waals surface area contributed by atoms with Crippen LogP contribution in [0.3, 0.4) is 0 Å². The average molecular weight is 232 g/mol. The molecular weight excluding hydrogens is 216 g/mol. The molecule has 1 aromatic heterocycles. The quantitative estimate of drug-likeness (QED) is 0.638. The van der Waals surface area contributed by atoms with Gasteiger partial charge in [0.25, 0.3) is 0 Å². The van der Waals surface area contributed by atoms with Gasteiger partial charge in [0.1, 0.15) is 0 Å². The molecule has 1 heterocycles. The number of nitrogens with two attached hydrogens (primary N) is 1. The van der Waals surface area contributed by atoms with Gasteiger partial charge in [-0.15, -0.1) is 0 Å². The zero-order valence-electron chi connectivity index (χ0n) is 10.2. The highest BCUT2D eigenvalue weighted by Gasteiger charge is 2.15. The molecule has 2 aromatic rings. The fourth-order valence-electron chi connectivity index (χ4n) is 1.83. The number of hydrogen-bond acceptors (Lipinski definition) is 3. The molecule has 0 bridgehead atoms. The molecule has 0 aliphatic carbocycles. The summed E-state index contributed by atoms with van der Waals surface area (Å²) in [7, 11) is 1.94. The van der Waals surface area contributed by atoms with E-state index in [9.17, 15) is 4.79 Å². The normalized spacial score (nSPS) is 11.1. The number of ether oxygens (including phenoxy) is 1. The van der Waals surface area contributed by atoms with Crippen molar-refractivity contribution in [1.29, 1.82) is 0 Å². The molecule has 0 spiro atoms. The Hall–Kier alpha value is -1.97. The lowest BCUT2D eigenvalue weighted by molar-refractivity contribution is 0.0379. The number of carbonyl (C=O) groups excluding carboxylic acids is 1. The molecule has 2 N–H and O–H groups in total. The van der Waals surface area contributed by atoms with Crippen LogP contribution in [0.25, 0.3) is 10.9 Å². The largest absolute Gasteiger partial charge is 0.459 e. The number of nitrogens with zero attached hydrogens (tertiary/aromatic N) is 1. The average Bonchev–Trinajstić information content (AvgIpc) is 2.61. The smallest absolute Gasteiger partial charge is 0.340 e. The van der Waals surface area contributed by atoms with Gasteiger partial charge in [-0.2, -0.15) is 0 Å². The zero-order chi connectivity index (χ0) is 12.6.